The molecule has 1 aromatic carbocycles. The number of hydrogen-bond donors (Lipinski definition) is 2. The zero-order chi connectivity index (χ0) is 17.0. The van der Waals surface area contributed by atoms with E-state index >= 15 is 0 Å². The zero-order valence-corrected chi connectivity index (χ0v) is 14.3. The van der Waals surface area contributed by atoms with Crippen molar-refractivity contribution < 1.29 is 14.3 Å². The van der Waals surface area contributed by atoms with E-state index in [1.807, 2.05) is 20.8 Å². The molecule has 1 unspecified atom stereocenters. The molecule has 0 saturated carbocycles. The van der Waals surface area contributed by atoms with E-state index in [9.17, 15) is 9.59 Å². The fourth-order valence-corrected chi connectivity index (χ4v) is 2.76. The average Bonchev–Trinajstić information content (AvgIpc) is 2.93. The van der Waals surface area contributed by atoms with Gasteiger partial charge in [0.2, 0.25) is 0 Å². The number of nitrogens with one attached hydrogen (secondary N) is 2. The topological polar surface area (TPSA) is 70.7 Å². The Morgan fingerprint density at radius 1 is 1.30 bits per heavy atom. The van der Waals surface area contributed by atoms with Crippen LogP contribution < -0.4 is 10.6 Å². The minimum absolute atomic E-state index is 0.0193. The van der Waals surface area contributed by atoms with Crippen LogP contribution in [0.3, 0.4) is 0 Å². The lowest BCUT2D eigenvalue weighted by Gasteiger charge is -2.38. The Kier molecular flexibility index (Phi) is 5.49. The third-order valence-corrected chi connectivity index (χ3v) is 3.84. The number of carbonyl (C=O) groups excluding carboxylic acids is 2. The second-order valence-electron chi connectivity index (χ2n) is 6.47. The van der Waals surface area contributed by atoms with E-state index in [0.29, 0.717) is 17.3 Å². The van der Waals surface area contributed by atoms with Gasteiger partial charge in [-0.1, -0.05) is 11.6 Å². The fraction of sp³-hybridized carbons (Fsp3) is 0.500. The number of halogens is 1. The largest absolute Gasteiger partial charge is 0.420 e. The molecule has 7 heteroatoms. The van der Waals surface area contributed by atoms with Crippen molar-refractivity contribution in [3.8, 4) is 0 Å². The first-order valence-corrected chi connectivity index (χ1v) is 7.93. The van der Waals surface area contributed by atoms with E-state index in [1.165, 1.54) is 0 Å². The summed E-state index contributed by atoms with van der Waals surface area (Å²) in [6.07, 6.45) is -0.610. The van der Waals surface area contributed by atoms with Gasteiger partial charge < -0.3 is 10.1 Å². The fourth-order valence-electron chi connectivity index (χ4n) is 2.64. The molecule has 2 rings (SSSR count). The highest BCUT2D eigenvalue weighted by atomic mass is 35.5. The molecule has 0 bridgehead atoms. The van der Waals surface area contributed by atoms with Crippen molar-refractivity contribution in [1.29, 1.82) is 0 Å². The molecule has 1 saturated heterocycles. The number of carbonyl (C=O) groups is 2. The maximum atomic E-state index is 12.4. The van der Waals surface area contributed by atoms with Crippen LogP contribution in [0, 0.1) is 0 Å². The van der Waals surface area contributed by atoms with Crippen molar-refractivity contribution in [2.45, 2.75) is 38.8 Å². The van der Waals surface area contributed by atoms with Crippen molar-refractivity contribution in [1.82, 2.24) is 10.2 Å². The highest BCUT2D eigenvalue weighted by Crippen LogP contribution is 2.22. The number of ether oxygens (including phenoxy) is 1. The van der Waals surface area contributed by atoms with Crippen molar-refractivity contribution in [2.24, 2.45) is 0 Å². The van der Waals surface area contributed by atoms with Gasteiger partial charge in [0, 0.05) is 28.8 Å². The summed E-state index contributed by atoms with van der Waals surface area (Å²) in [6, 6.07) is 6.58. The average molecular weight is 340 g/mol. The quantitative estimate of drug-likeness (QED) is 0.809. The third kappa shape index (κ3) is 4.84. The molecule has 0 spiro atoms. The second-order valence-corrected chi connectivity index (χ2v) is 6.91. The highest BCUT2D eigenvalue weighted by molar-refractivity contribution is 6.30. The molecule has 126 valence electrons. The summed E-state index contributed by atoms with van der Waals surface area (Å²) in [7, 11) is 0. The van der Waals surface area contributed by atoms with Gasteiger partial charge >= 0.3 is 12.2 Å². The first-order chi connectivity index (χ1) is 10.8. The molecule has 2 amide bonds. The molecule has 1 aliphatic heterocycles. The van der Waals surface area contributed by atoms with Crippen LogP contribution in [-0.2, 0) is 4.74 Å². The molecular weight excluding hydrogens is 318 g/mol. The summed E-state index contributed by atoms with van der Waals surface area (Å²) < 4.78 is 4.96. The van der Waals surface area contributed by atoms with E-state index in [0.717, 1.165) is 13.0 Å². The number of nitrogens with zero attached hydrogens (tertiary/aromatic N) is 1. The standard InChI is InChI=1S/C16H22ClN3O3/c1-16(2,3)20(13-8-9-18-10-13)15(22)23-14(21)19-12-6-4-11(17)5-7-12/h4-7,13,18H,8-10H2,1-3H3,(H,19,21). The molecule has 23 heavy (non-hydrogen) atoms. The van der Waals surface area contributed by atoms with Crippen LogP contribution in [0.25, 0.3) is 0 Å². The van der Waals surface area contributed by atoms with Crippen LogP contribution in [0.1, 0.15) is 27.2 Å². The van der Waals surface area contributed by atoms with Crippen molar-refractivity contribution in [2.75, 3.05) is 18.4 Å². The van der Waals surface area contributed by atoms with Gasteiger partial charge in [-0.15, -0.1) is 0 Å². The van der Waals surface area contributed by atoms with Crippen molar-refractivity contribution in [3.63, 3.8) is 0 Å². The Morgan fingerprint density at radius 2 is 1.96 bits per heavy atom. The third-order valence-electron chi connectivity index (χ3n) is 3.59. The molecule has 1 aliphatic rings. The highest BCUT2D eigenvalue weighted by Gasteiger charge is 2.36. The predicted molar refractivity (Wildman–Crippen MR) is 89.8 cm³/mol. The molecule has 1 atom stereocenters. The molecule has 0 radical (unpaired) electrons. The molecule has 2 N–H and O–H groups in total. The van der Waals surface area contributed by atoms with Gasteiger partial charge in [-0.2, -0.15) is 0 Å². The van der Waals surface area contributed by atoms with E-state index in [2.05, 4.69) is 10.6 Å². The van der Waals surface area contributed by atoms with Crippen LogP contribution in [0.15, 0.2) is 24.3 Å². The molecule has 0 aromatic heterocycles. The zero-order valence-electron chi connectivity index (χ0n) is 13.6. The molecule has 1 fully saturated rings. The second kappa shape index (κ2) is 7.19. The minimum Gasteiger partial charge on any atom is -0.359 e. The Morgan fingerprint density at radius 3 is 2.48 bits per heavy atom. The van der Waals surface area contributed by atoms with Gasteiger partial charge in [0.05, 0.1) is 0 Å². The smallest absolute Gasteiger partial charge is 0.359 e. The maximum absolute atomic E-state index is 12.4. The summed E-state index contributed by atoms with van der Waals surface area (Å²) in [6.45, 7) is 7.31. The van der Waals surface area contributed by atoms with Crippen LogP contribution in [0.4, 0.5) is 15.3 Å². The summed E-state index contributed by atoms with van der Waals surface area (Å²) in [5.74, 6) is 0. The summed E-state index contributed by atoms with van der Waals surface area (Å²) in [5, 5.41) is 6.29. The van der Waals surface area contributed by atoms with E-state index in [4.69, 9.17) is 16.3 Å². The lowest BCUT2D eigenvalue weighted by atomic mass is 10.0. The van der Waals surface area contributed by atoms with E-state index < -0.39 is 17.7 Å². The monoisotopic (exact) mass is 339 g/mol. The number of hydrogen-bond acceptors (Lipinski definition) is 4. The minimum atomic E-state index is -0.808. The predicted octanol–water partition coefficient (Wildman–Crippen LogP) is 3.47. The van der Waals surface area contributed by atoms with Gasteiger partial charge in [-0.05, 0) is 58.0 Å². The molecular formula is C16H22ClN3O3. The van der Waals surface area contributed by atoms with Crippen LogP contribution in [0.5, 0.6) is 0 Å². The number of anilines is 1. The number of rotatable bonds is 2. The molecule has 1 heterocycles. The first-order valence-electron chi connectivity index (χ1n) is 7.56. The first kappa shape index (κ1) is 17.6. The van der Waals surface area contributed by atoms with Crippen LogP contribution in [0.2, 0.25) is 5.02 Å². The van der Waals surface area contributed by atoms with Gasteiger partial charge in [0.15, 0.2) is 0 Å². The van der Waals surface area contributed by atoms with E-state index in [-0.39, 0.29) is 6.04 Å². The van der Waals surface area contributed by atoms with Crippen molar-refractivity contribution >= 4 is 29.5 Å². The summed E-state index contributed by atoms with van der Waals surface area (Å²) in [5.41, 5.74) is 0.0750. The Hall–Kier alpha value is -1.79. The molecule has 0 aliphatic carbocycles. The lowest BCUT2D eigenvalue weighted by molar-refractivity contribution is 0.0678. The summed E-state index contributed by atoms with van der Waals surface area (Å²) >= 11 is 5.79. The molecule has 6 nitrogen and oxygen atoms in total. The van der Waals surface area contributed by atoms with Crippen molar-refractivity contribution in [3.05, 3.63) is 29.3 Å². The van der Waals surface area contributed by atoms with Gasteiger partial charge in [-0.3, -0.25) is 10.2 Å². The van der Waals surface area contributed by atoms with Gasteiger partial charge in [-0.25, -0.2) is 9.59 Å². The van der Waals surface area contributed by atoms with Crippen LogP contribution in [-0.4, -0.2) is 41.8 Å². The maximum Gasteiger partial charge on any atom is 0.420 e. The number of benzene rings is 1. The summed E-state index contributed by atoms with van der Waals surface area (Å²) in [4.78, 5) is 26.0. The SMILES string of the molecule is CC(C)(C)N(C(=O)OC(=O)Nc1ccc(Cl)cc1)C1CCNC1. The normalized spacial score (nSPS) is 17.7. The van der Waals surface area contributed by atoms with Gasteiger partial charge in [0.1, 0.15) is 0 Å². The Labute approximate surface area is 141 Å². The number of amides is 2. The van der Waals surface area contributed by atoms with Gasteiger partial charge in [0.25, 0.3) is 0 Å². The lowest BCUT2D eigenvalue weighted by Crippen LogP contribution is -2.53. The van der Waals surface area contributed by atoms with E-state index in [1.54, 1.807) is 29.2 Å². The molecule has 1 aromatic rings. The van der Waals surface area contributed by atoms with Crippen LogP contribution >= 0.6 is 11.6 Å². The Bertz CT molecular complexity index is 563. The Balaban J connectivity index is 2.00.